The molecule has 0 unspecified atom stereocenters. The average Bonchev–Trinajstić information content (AvgIpc) is 2.56. The maximum Gasteiger partial charge on any atom is 0.271 e. The number of aromatic hydroxyl groups is 1. The van der Waals surface area contributed by atoms with Crippen LogP contribution in [0.15, 0.2) is 47.6 Å². The Hall–Kier alpha value is -3.02. The van der Waals surface area contributed by atoms with E-state index in [0.717, 1.165) is 5.56 Å². The maximum absolute atomic E-state index is 11.9. The van der Waals surface area contributed by atoms with Crippen LogP contribution in [0.3, 0.4) is 0 Å². The third-order valence-electron chi connectivity index (χ3n) is 3.00. The standard InChI is InChI=1S/C17H18N2O4/c1-3-23-15-9-4-12(10-16(15)22-2)11-18-19-17(21)13-5-7-14(20)8-6-13/h4-11,20H,3H2,1-2H3,(H,19,21)/b18-11+. The van der Waals surface area contributed by atoms with Crippen LogP contribution in [0.4, 0.5) is 0 Å². The molecule has 0 heterocycles. The molecule has 2 aromatic carbocycles. The zero-order valence-corrected chi connectivity index (χ0v) is 12.9. The molecule has 23 heavy (non-hydrogen) atoms. The van der Waals surface area contributed by atoms with Crippen molar-refractivity contribution in [2.45, 2.75) is 6.92 Å². The minimum Gasteiger partial charge on any atom is -0.508 e. The highest BCUT2D eigenvalue weighted by molar-refractivity contribution is 5.95. The highest BCUT2D eigenvalue weighted by Crippen LogP contribution is 2.27. The van der Waals surface area contributed by atoms with Gasteiger partial charge in [0.15, 0.2) is 11.5 Å². The van der Waals surface area contributed by atoms with Gasteiger partial charge in [0.25, 0.3) is 5.91 Å². The van der Waals surface area contributed by atoms with Crippen LogP contribution in [0.1, 0.15) is 22.8 Å². The summed E-state index contributed by atoms with van der Waals surface area (Å²) < 4.78 is 10.7. The Kier molecular flexibility index (Phi) is 5.57. The predicted molar refractivity (Wildman–Crippen MR) is 87.3 cm³/mol. The summed E-state index contributed by atoms with van der Waals surface area (Å²) in [6, 6.07) is 11.3. The first-order chi connectivity index (χ1) is 11.1. The van der Waals surface area contributed by atoms with Gasteiger partial charge in [-0.15, -0.1) is 0 Å². The molecule has 0 spiro atoms. The molecule has 0 aromatic heterocycles. The lowest BCUT2D eigenvalue weighted by molar-refractivity contribution is 0.0955. The van der Waals surface area contributed by atoms with Crippen molar-refractivity contribution < 1.29 is 19.4 Å². The molecule has 0 atom stereocenters. The molecule has 2 aromatic rings. The van der Waals surface area contributed by atoms with Crippen LogP contribution < -0.4 is 14.9 Å². The average molecular weight is 314 g/mol. The first kappa shape index (κ1) is 16.4. The number of methoxy groups -OCH3 is 1. The van der Waals surface area contributed by atoms with E-state index in [9.17, 15) is 9.90 Å². The van der Waals surface area contributed by atoms with E-state index >= 15 is 0 Å². The fourth-order valence-electron chi connectivity index (χ4n) is 1.88. The van der Waals surface area contributed by atoms with Crippen molar-refractivity contribution in [2.24, 2.45) is 5.10 Å². The Bertz CT molecular complexity index is 696. The van der Waals surface area contributed by atoms with Gasteiger partial charge in [-0.2, -0.15) is 5.10 Å². The molecule has 2 N–H and O–H groups in total. The molecule has 6 nitrogen and oxygen atoms in total. The van der Waals surface area contributed by atoms with Gasteiger partial charge in [-0.05, 0) is 55.0 Å². The third kappa shape index (κ3) is 4.47. The number of ether oxygens (including phenoxy) is 2. The van der Waals surface area contributed by atoms with E-state index in [1.807, 2.05) is 13.0 Å². The Labute approximate surface area is 134 Å². The van der Waals surface area contributed by atoms with E-state index in [2.05, 4.69) is 10.5 Å². The van der Waals surface area contributed by atoms with Gasteiger partial charge in [0.1, 0.15) is 5.75 Å². The van der Waals surface area contributed by atoms with Crippen LogP contribution in [-0.4, -0.2) is 30.9 Å². The number of benzene rings is 2. The zero-order chi connectivity index (χ0) is 16.7. The number of carbonyl (C=O) groups is 1. The van der Waals surface area contributed by atoms with E-state index in [1.54, 1.807) is 19.2 Å². The van der Waals surface area contributed by atoms with Crippen LogP contribution in [0.5, 0.6) is 17.2 Å². The molecule has 0 saturated heterocycles. The minimum atomic E-state index is -0.362. The van der Waals surface area contributed by atoms with Crippen molar-refractivity contribution >= 4 is 12.1 Å². The Morgan fingerprint density at radius 2 is 1.96 bits per heavy atom. The molecule has 6 heteroatoms. The first-order valence-corrected chi connectivity index (χ1v) is 7.07. The topological polar surface area (TPSA) is 80.2 Å². The zero-order valence-electron chi connectivity index (χ0n) is 12.9. The fourth-order valence-corrected chi connectivity index (χ4v) is 1.88. The van der Waals surface area contributed by atoms with E-state index in [-0.39, 0.29) is 11.7 Å². The fraction of sp³-hybridized carbons (Fsp3) is 0.176. The molecule has 0 saturated carbocycles. The largest absolute Gasteiger partial charge is 0.508 e. The van der Waals surface area contributed by atoms with Gasteiger partial charge in [-0.1, -0.05) is 0 Å². The third-order valence-corrected chi connectivity index (χ3v) is 3.00. The molecule has 0 fully saturated rings. The summed E-state index contributed by atoms with van der Waals surface area (Å²) in [5, 5.41) is 13.1. The lowest BCUT2D eigenvalue weighted by Gasteiger charge is -2.09. The van der Waals surface area contributed by atoms with Crippen LogP contribution in [0.2, 0.25) is 0 Å². The molecular weight excluding hydrogens is 296 g/mol. The molecule has 0 bridgehead atoms. The van der Waals surface area contributed by atoms with Gasteiger partial charge in [-0.3, -0.25) is 4.79 Å². The Balaban J connectivity index is 2.02. The molecule has 0 aliphatic carbocycles. The number of hydrogen-bond donors (Lipinski definition) is 2. The van der Waals surface area contributed by atoms with Gasteiger partial charge in [0, 0.05) is 5.56 Å². The van der Waals surface area contributed by atoms with Crippen molar-refractivity contribution in [1.82, 2.24) is 5.43 Å². The van der Waals surface area contributed by atoms with Crippen LogP contribution in [-0.2, 0) is 0 Å². The predicted octanol–water partition coefficient (Wildman–Crippen LogP) is 2.56. The number of nitrogens with zero attached hydrogens (tertiary/aromatic N) is 1. The summed E-state index contributed by atoms with van der Waals surface area (Å²) in [5.74, 6) is 0.992. The number of phenolic OH excluding ortho intramolecular Hbond substituents is 1. The van der Waals surface area contributed by atoms with Gasteiger partial charge >= 0.3 is 0 Å². The number of hydrogen-bond acceptors (Lipinski definition) is 5. The monoisotopic (exact) mass is 314 g/mol. The molecular formula is C17H18N2O4. The van der Waals surface area contributed by atoms with Crippen LogP contribution in [0.25, 0.3) is 0 Å². The summed E-state index contributed by atoms with van der Waals surface area (Å²) in [4.78, 5) is 11.9. The second kappa shape index (κ2) is 7.84. The van der Waals surface area contributed by atoms with E-state index < -0.39 is 0 Å². The van der Waals surface area contributed by atoms with Crippen molar-refractivity contribution in [3.05, 3.63) is 53.6 Å². The van der Waals surface area contributed by atoms with Crippen molar-refractivity contribution in [1.29, 1.82) is 0 Å². The summed E-state index contributed by atoms with van der Waals surface area (Å²) in [5.41, 5.74) is 3.59. The smallest absolute Gasteiger partial charge is 0.271 e. The Morgan fingerprint density at radius 3 is 2.61 bits per heavy atom. The first-order valence-electron chi connectivity index (χ1n) is 7.07. The quantitative estimate of drug-likeness (QED) is 0.634. The molecule has 1 amide bonds. The normalized spacial score (nSPS) is 10.5. The summed E-state index contributed by atoms with van der Waals surface area (Å²) in [6.45, 7) is 2.44. The molecule has 0 aliphatic heterocycles. The van der Waals surface area contributed by atoms with Gasteiger partial charge in [-0.25, -0.2) is 5.43 Å². The minimum absolute atomic E-state index is 0.103. The van der Waals surface area contributed by atoms with Gasteiger partial charge in [0.2, 0.25) is 0 Å². The van der Waals surface area contributed by atoms with E-state index in [1.165, 1.54) is 30.5 Å². The van der Waals surface area contributed by atoms with E-state index in [0.29, 0.717) is 23.7 Å². The van der Waals surface area contributed by atoms with Crippen molar-refractivity contribution in [3.8, 4) is 17.2 Å². The molecule has 0 radical (unpaired) electrons. The number of phenols is 1. The van der Waals surface area contributed by atoms with Gasteiger partial charge < -0.3 is 14.6 Å². The lowest BCUT2D eigenvalue weighted by atomic mass is 10.2. The van der Waals surface area contributed by atoms with Crippen molar-refractivity contribution in [3.63, 3.8) is 0 Å². The second-order valence-electron chi connectivity index (χ2n) is 4.59. The summed E-state index contributed by atoms with van der Waals surface area (Å²) >= 11 is 0. The maximum atomic E-state index is 11.9. The molecule has 120 valence electrons. The lowest BCUT2D eigenvalue weighted by Crippen LogP contribution is -2.17. The number of hydrazone groups is 1. The highest BCUT2D eigenvalue weighted by atomic mass is 16.5. The summed E-state index contributed by atoms with van der Waals surface area (Å²) in [7, 11) is 1.56. The van der Waals surface area contributed by atoms with Crippen LogP contribution in [0, 0.1) is 0 Å². The Morgan fingerprint density at radius 1 is 1.22 bits per heavy atom. The SMILES string of the molecule is CCOc1ccc(/C=N/NC(=O)c2ccc(O)cc2)cc1OC. The summed E-state index contributed by atoms with van der Waals surface area (Å²) in [6.07, 6.45) is 1.51. The van der Waals surface area contributed by atoms with Crippen molar-refractivity contribution in [2.75, 3.05) is 13.7 Å². The highest BCUT2D eigenvalue weighted by Gasteiger charge is 2.05. The number of amides is 1. The number of nitrogens with one attached hydrogen (secondary N) is 1. The number of carbonyl (C=O) groups excluding carboxylic acids is 1. The second-order valence-corrected chi connectivity index (χ2v) is 4.59. The van der Waals surface area contributed by atoms with Crippen LogP contribution >= 0.6 is 0 Å². The van der Waals surface area contributed by atoms with E-state index in [4.69, 9.17) is 9.47 Å². The molecule has 2 rings (SSSR count). The molecule has 0 aliphatic rings. The number of rotatable bonds is 6. The van der Waals surface area contributed by atoms with Gasteiger partial charge in [0.05, 0.1) is 19.9 Å².